The van der Waals surface area contributed by atoms with E-state index in [1.54, 1.807) is 12.4 Å². The summed E-state index contributed by atoms with van der Waals surface area (Å²) in [5.41, 5.74) is 6.33. The summed E-state index contributed by atoms with van der Waals surface area (Å²) in [6.45, 7) is 4.45. The van der Waals surface area contributed by atoms with Crippen LogP contribution in [-0.2, 0) is 4.79 Å². The number of aromatic nitrogens is 1. The molecule has 0 aromatic carbocycles. The van der Waals surface area contributed by atoms with Gasteiger partial charge in [-0.1, -0.05) is 6.92 Å². The molecule has 4 heteroatoms. The maximum absolute atomic E-state index is 10.8. The number of nitrogens with one attached hydrogen (secondary N) is 1. The maximum atomic E-state index is 10.8. The number of pyridine rings is 1. The zero-order valence-corrected chi connectivity index (χ0v) is 9.10. The lowest BCUT2D eigenvalue weighted by atomic mass is 10.1. The second kappa shape index (κ2) is 5.46. The number of hydrogen-bond acceptors (Lipinski definition) is 3. The molecule has 1 aromatic rings. The SMILES string of the molecule is CC(CNC(C)c1ccncc1)C(N)=O. The fourth-order valence-electron chi connectivity index (χ4n) is 1.22. The quantitative estimate of drug-likeness (QED) is 0.752. The maximum Gasteiger partial charge on any atom is 0.221 e. The third kappa shape index (κ3) is 3.67. The number of rotatable bonds is 5. The summed E-state index contributed by atoms with van der Waals surface area (Å²) < 4.78 is 0. The molecule has 2 atom stereocenters. The second-order valence-corrected chi connectivity index (χ2v) is 3.71. The zero-order chi connectivity index (χ0) is 11.3. The molecule has 0 aliphatic carbocycles. The number of carbonyl (C=O) groups is 1. The molecule has 0 saturated heterocycles. The molecule has 0 spiro atoms. The molecule has 1 rings (SSSR count). The van der Waals surface area contributed by atoms with Gasteiger partial charge in [0.1, 0.15) is 0 Å². The Morgan fingerprint density at radius 1 is 1.47 bits per heavy atom. The summed E-state index contributed by atoms with van der Waals surface area (Å²) in [5, 5.41) is 3.25. The first-order valence-electron chi connectivity index (χ1n) is 5.04. The molecule has 0 saturated carbocycles. The first-order valence-corrected chi connectivity index (χ1v) is 5.04. The number of nitrogens with zero attached hydrogens (tertiary/aromatic N) is 1. The van der Waals surface area contributed by atoms with E-state index < -0.39 is 0 Å². The van der Waals surface area contributed by atoms with Crippen molar-refractivity contribution in [3.63, 3.8) is 0 Å². The van der Waals surface area contributed by atoms with Crippen molar-refractivity contribution in [2.45, 2.75) is 19.9 Å². The highest BCUT2D eigenvalue weighted by Gasteiger charge is 2.10. The van der Waals surface area contributed by atoms with Crippen LogP contribution < -0.4 is 11.1 Å². The molecule has 1 aromatic heterocycles. The van der Waals surface area contributed by atoms with Gasteiger partial charge in [-0.05, 0) is 24.6 Å². The Labute approximate surface area is 89.9 Å². The van der Waals surface area contributed by atoms with Crippen LogP contribution in [0.15, 0.2) is 24.5 Å². The van der Waals surface area contributed by atoms with E-state index in [-0.39, 0.29) is 17.9 Å². The average molecular weight is 207 g/mol. The minimum Gasteiger partial charge on any atom is -0.369 e. The van der Waals surface area contributed by atoms with Crippen LogP contribution in [-0.4, -0.2) is 17.4 Å². The molecule has 3 N–H and O–H groups in total. The van der Waals surface area contributed by atoms with Gasteiger partial charge >= 0.3 is 0 Å². The van der Waals surface area contributed by atoms with Gasteiger partial charge in [0.15, 0.2) is 0 Å². The van der Waals surface area contributed by atoms with Crippen LogP contribution >= 0.6 is 0 Å². The molecule has 0 aliphatic rings. The smallest absolute Gasteiger partial charge is 0.221 e. The van der Waals surface area contributed by atoms with E-state index in [9.17, 15) is 4.79 Å². The molecule has 0 bridgehead atoms. The molecule has 0 radical (unpaired) electrons. The number of amides is 1. The van der Waals surface area contributed by atoms with Gasteiger partial charge in [-0.25, -0.2) is 0 Å². The lowest BCUT2D eigenvalue weighted by Gasteiger charge is -2.16. The average Bonchev–Trinajstić information content (AvgIpc) is 2.26. The Morgan fingerprint density at radius 2 is 2.07 bits per heavy atom. The van der Waals surface area contributed by atoms with Crippen molar-refractivity contribution >= 4 is 5.91 Å². The lowest BCUT2D eigenvalue weighted by Crippen LogP contribution is -2.32. The van der Waals surface area contributed by atoms with E-state index in [1.807, 2.05) is 26.0 Å². The first kappa shape index (κ1) is 11.7. The van der Waals surface area contributed by atoms with E-state index in [0.717, 1.165) is 5.56 Å². The van der Waals surface area contributed by atoms with Gasteiger partial charge in [0.05, 0.1) is 0 Å². The van der Waals surface area contributed by atoms with Crippen molar-refractivity contribution in [3.8, 4) is 0 Å². The van der Waals surface area contributed by atoms with Crippen LogP contribution in [0.3, 0.4) is 0 Å². The second-order valence-electron chi connectivity index (χ2n) is 3.71. The highest BCUT2D eigenvalue weighted by atomic mass is 16.1. The van der Waals surface area contributed by atoms with Crippen molar-refractivity contribution in [2.75, 3.05) is 6.54 Å². The molecule has 2 unspecified atom stereocenters. The van der Waals surface area contributed by atoms with Gasteiger partial charge in [0, 0.05) is 30.9 Å². The van der Waals surface area contributed by atoms with E-state index >= 15 is 0 Å². The summed E-state index contributed by atoms with van der Waals surface area (Å²) >= 11 is 0. The summed E-state index contributed by atoms with van der Waals surface area (Å²) in [6.07, 6.45) is 3.51. The molecule has 1 amide bonds. The third-order valence-corrected chi connectivity index (χ3v) is 2.42. The normalized spacial score (nSPS) is 14.5. The number of primary amides is 1. The highest BCUT2D eigenvalue weighted by molar-refractivity contribution is 5.76. The minimum atomic E-state index is -0.274. The lowest BCUT2D eigenvalue weighted by molar-refractivity contribution is -0.121. The van der Waals surface area contributed by atoms with Crippen molar-refractivity contribution in [2.24, 2.45) is 11.7 Å². The Morgan fingerprint density at radius 3 is 2.60 bits per heavy atom. The van der Waals surface area contributed by atoms with Crippen LogP contribution in [0, 0.1) is 5.92 Å². The van der Waals surface area contributed by atoms with E-state index in [4.69, 9.17) is 5.73 Å². The van der Waals surface area contributed by atoms with Crippen molar-refractivity contribution in [3.05, 3.63) is 30.1 Å². The highest BCUT2D eigenvalue weighted by Crippen LogP contribution is 2.10. The van der Waals surface area contributed by atoms with Crippen LogP contribution in [0.2, 0.25) is 0 Å². The van der Waals surface area contributed by atoms with Crippen molar-refractivity contribution < 1.29 is 4.79 Å². The molecule has 0 fully saturated rings. The summed E-state index contributed by atoms with van der Waals surface area (Å²) in [7, 11) is 0. The Hall–Kier alpha value is -1.42. The summed E-state index contributed by atoms with van der Waals surface area (Å²) in [5.74, 6) is -0.418. The predicted molar refractivity (Wildman–Crippen MR) is 59.0 cm³/mol. The standard InChI is InChI=1S/C11H17N3O/c1-8(11(12)15)7-14-9(2)10-3-5-13-6-4-10/h3-6,8-9,14H,7H2,1-2H3,(H2,12,15). The topological polar surface area (TPSA) is 68.0 Å². The van der Waals surface area contributed by atoms with Crippen molar-refractivity contribution in [1.29, 1.82) is 0 Å². The molecule has 4 nitrogen and oxygen atoms in total. The molecular formula is C11H17N3O. The molecular weight excluding hydrogens is 190 g/mol. The molecule has 15 heavy (non-hydrogen) atoms. The van der Waals surface area contributed by atoms with Gasteiger partial charge in [-0.3, -0.25) is 9.78 Å². The fourth-order valence-corrected chi connectivity index (χ4v) is 1.22. The van der Waals surface area contributed by atoms with Crippen LogP contribution in [0.5, 0.6) is 0 Å². The number of carbonyl (C=O) groups excluding carboxylic acids is 1. The molecule has 0 aliphatic heterocycles. The summed E-state index contributed by atoms with van der Waals surface area (Å²) in [6, 6.07) is 4.11. The minimum absolute atomic E-state index is 0.144. The van der Waals surface area contributed by atoms with Crippen LogP contribution in [0.4, 0.5) is 0 Å². The van der Waals surface area contributed by atoms with Gasteiger partial charge < -0.3 is 11.1 Å². The zero-order valence-electron chi connectivity index (χ0n) is 9.10. The molecule has 1 heterocycles. The van der Waals surface area contributed by atoms with E-state index in [2.05, 4.69) is 10.3 Å². The van der Waals surface area contributed by atoms with Gasteiger partial charge in [0.25, 0.3) is 0 Å². The Balaban J connectivity index is 2.43. The first-order chi connectivity index (χ1) is 7.11. The Bertz CT molecular complexity index is 313. The Kier molecular flexibility index (Phi) is 4.24. The van der Waals surface area contributed by atoms with Gasteiger partial charge in [0.2, 0.25) is 5.91 Å². The number of hydrogen-bond donors (Lipinski definition) is 2. The van der Waals surface area contributed by atoms with Gasteiger partial charge in [-0.2, -0.15) is 0 Å². The monoisotopic (exact) mass is 207 g/mol. The summed E-state index contributed by atoms with van der Waals surface area (Å²) in [4.78, 5) is 14.8. The van der Waals surface area contributed by atoms with Gasteiger partial charge in [-0.15, -0.1) is 0 Å². The van der Waals surface area contributed by atoms with E-state index in [1.165, 1.54) is 0 Å². The largest absolute Gasteiger partial charge is 0.369 e. The molecule has 82 valence electrons. The third-order valence-electron chi connectivity index (χ3n) is 2.42. The van der Waals surface area contributed by atoms with Crippen molar-refractivity contribution in [1.82, 2.24) is 10.3 Å². The van der Waals surface area contributed by atoms with E-state index in [0.29, 0.717) is 6.54 Å². The van der Waals surface area contributed by atoms with Crippen LogP contribution in [0.25, 0.3) is 0 Å². The predicted octanol–water partition coefficient (Wildman–Crippen LogP) is 0.854. The van der Waals surface area contributed by atoms with Crippen LogP contribution in [0.1, 0.15) is 25.5 Å². The number of nitrogens with two attached hydrogens (primary N) is 1. The fraction of sp³-hybridized carbons (Fsp3) is 0.455.